The molecule has 1 aromatic rings. The molecular formula is C13H20BrFN2. The molecule has 2 unspecified atom stereocenters. The molecule has 0 spiro atoms. The molecule has 4 heteroatoms. The van der Waals surface area contributed by atoms with Gasteiger partial charge in [0.1, 0.15) is 5.82 Å². The van der Waals surface area contributed by atoms with E-state index >= 15 is 0 Å². The zero-order valence-electron chi connectivity index (χ0n) is 10.6. The van der Waals surface area contributed by atoms with Gasteiger partial charge < -0.3 is 10.6 Å². The van der Waals surface area contributed by atoms with Crippen LogP contribution in [0.3, 0.4) is 0 Å². The third-order valence-electron chi connectivity index (χ3n) is 2.97. The maximum absolute atomic E-state index is 13.9. The van der Waals surface area contributed by atoms with Crippen molar-refractivity contribution < 1.29 is 4.39 Å². The molecule has 0 aliphatic carbocycles. The normalized spacial score (nSPS) is 15.0. The maximum Gasteiger partial charge on any atom is 0.128 e. The van der Waals surface area contributed by atoms with Crippen molar-refractivity contribution in [2.45, 2.75) is 19.4 Å². The van der Waals surface area contributed by atoms with E-state index in [1.165, 1.54) is 6.07 Å². The molecule has 0 fully saturated rings. The molecule has 2 atom stereocenters. The van der Waals surface area contributed by atoms with Gasteiger partial charge in [0.15, 0.2) is 0 Å². The van der Waals surface area contributed by atoms with Gasteiger partial charge in [-0.3, -0.25) is 0 Å². The van der Waals surface area contributed by atoms with Crippen LogP contribution < -0.4 is 5.73 Å². The first-order valence-electron chi connectivity index (χ1n) is 5.77. The molecule has 2 nitrogen and oxygen atoms in total. The lowest BCUT2D eigenvalue weighted by Gasteiger charge is -2.27. The van der Waals surface area contributed by atoms with Gasteiger partial charge in [0.05, 0.1) is 0 Å². The summed E-state index contributed by atoms with van der Waals surface area (Å²) in [5.41, 5.74) is 6.37. The van der Waals surface area contributed by atoms with Gasteiger partial charge in [-0.15, -0.1) is 0 Å². The lowest BCUT2D eigenvalue weighted by Crippen LogP contribution is -2.25. The van der Waals surface area contributed by atoms with Crippen LogP contribution in [0.4, 0.5) is 4.39 Å². The van der Waals surface area contributed by atoms with E-state index in [9.17, 15) is 4.39 Å². The van der Waals surface area contributed by atoms with Gasteiger partial charge in [-0.2, -0.15) is 0 Å². The second kappa shape index (κ2) is 6.47. The predicted molar refractivity (Wildman–Crippen MR) is 73.4 cm³/mol. The molecule has 0 aliphatic rings. The Balaban J connectivity index is 3.00. The Morgan fingerprint density at radius 1 is 1.41 bits per heavy atom. The van der Waals surface area contributed by atoms with Gasteiger partial charge in [-0.05, 0) is 51.2 Å². The van der Waals surface area contributed by atoms with Crippen molar-refractivity contribution in [3.8, 4) is 0 Å². The molecule has 2 N–H and O–H groups in total. The van der Waals surface area contributed by atoms with E-state index in [1.54, 1.807) is 6.07 Å². The van der Waals surface area contributed by atoms with Gasteiger partial charge >= 0.3 is 0 Å². The van der Waals surface area contributed by atoms with Gasteiger partial charge in [0.25, 0.3) is 0 Å². The summed E-state index contributed by atoms with van der Waals surface area (Å²) in [7, 11) is 3.93. The highest BCUT2D eigenvalue weighted by molar-refractivity contribution is 9.10. The number of nitrogens with two attached hydrogens (primary N) is 1. The molecule has 0 bridgehead atoms. The maximum atomic E-state index is 13.9. The van der Waals surface area contributed by atoms with Crippen LogP contribution in [0.1, 0.15) is 24.9 Å². The Hall–Kier alpha value is -0.450. The van der Waals surface area contributed by atoms with Gasteiger partial charge in [0.2, 0.25) is 0 Å². The zero-order valence-corrected chi connectivity index (χ0v) is 12.2. The fourth-order valence-corrected chi connectivity index (χ4v) is 2.24. The van der Waals surface area contributed by atoms with Gasteiger partial charge in [-0.25, -0.2) is 4.39 Å². The fourth-order valence-electron chi connectivity index (χ4n) is 1.86. The first-order chi connectivity index (χ1) is 7.95. The van der Waals surface area contributed by atoms with Crippen LogP contribution in [0.25, 0.3) is 0 Å². The monoisotopic (exact) mass is 302 g/mol. The molecule has 0 aromatic heterocycles. The van der Waals surface area contributed by atoms with E-state index in [2.05, 4.69) is 22.9 Å². The lowest BCUT2D eigenvalue weighted by atomic mass is 9.95. The van der Waals surface area contributed by atoms with E-state index < -0.39 is 0 Å². The molecule has 0 heterocycles. The molecule has 17 heavy (non-hydrogen) atoms. The number of hydrogen-bond donors (Lipinski definition) is 1. The second-order valence-corrected chi connectivity index (χ2v) is 5.64. The summed E-state index contributed by atoms with van der Waals surface area (Å²) in [5.74, 6) is 0.219. The Labute approximate surface area is 111 Å². The fraction of sp³-hybridized carbons (Fsp3) is 0.538. The van der Waals surface area contributed by atoms with Gasteiger partial charge in [-0.1, -0.05) is 22.9 Å². The summed E-state index contributed by atoms with van der Waals surface area (Å²) in [6, 6.07) is 5.13. The van der Waals surface area contributed by atoms with Crippen LogP contribution in [-0.2, 0) is 0 Å². The number of hydrogen-bond acceptors (Lipinski definition) is 2. The molecule has 0 amide bonds. The summed E-state index contributed by atoms with van der Waals surface area (Å²) >= 11 is 3.39. The van der Waals surface area contributed by atoms with Crippen molar-refractivity contribution in [1.82, 2.24) is 4.90 Å². The van der Waals surface area contributed by atoms with Crippen molar-refractivity contribution in [3.05, 3.63) is 34.1 Å². The second-order valence-electron chi connectivity index (χ2n) is 4.72. The largest absolute Gasteiger partial charge is 0.330 e. The van der Waals surface area contributed by atoms with E-state index in [0.29, 0.717) is 12.5 Å². The van der Waals surface area contributed by atoms with Crippen molar-refractivity contribution in [2.75, 3.05) is 20.6 Å². The SMILES string of the molecule is CC(CN)CC(c1cc(Br)ccc1F)N(C)C. The minimum absolute atomic E-state index is 0.0612. The zero-order chi connectivity index (χ0) is 13.0. The molecule has 1 aromatic carbocycles. The lowest BCUT2D eigenvalue weighted by molar-refractivity contribution is 0.249. The highest BCUT2D eigenvalue weighted by Crippen LogP contribution is 2.29. The topological polar surface area (TPSA) is 29.3 Å². The summed E-state index contributed by atoms with van der Waals surface area (Å²) < 4.78 is 14.8. The van der Waals surface area contributed by atoms with Crippen molar-refractivity contribution in [1.29, 1.82) is 0 Å². The number of halogens is 2. The summed E-state index contributed by atoms with van der Waals surface area (Å²) in [6.07, 6.45) is 0.858. The quantitative estimate of drug-likeness (QED) is 0.905. The van der Waals surface area contributed by atoms with E-state index in [1.807, 2.05) is 25.1 Å². The Morgan fingerprint density at radius 3 is 2.59 bits per heavy atom. The average molecular weight is 303 g/mol. The minimum Gasteiger partial charge on any atom is -0.330 e. The van der Waals surface area contributed by atoms with Crippen LogP contribution in [0.2, 0.25) is 0 Å². The van der Waals surface area contributed by atoms with Crippen LogP contribution in [0.15, 0.2) is 22.7 Å². The minimum atomic E-state index is -0.156. The average Bonchev–Trinajstić information content (AvgIpc) is 2.28. The van der Waals surface area contributed by atoms with Crippen molar-refractivity contribution in [2.24, 2.45) is 11.7 Å². The number of nitrogens with zero attached hydrogens (tertiary/aromatic N) is 1. The Morgan fingerprint density at radius 2 is 2.06 bits per heavy atom. The molecule has 1 rings (SSSR count). The van der Waals surface area contributed by atoms with E-state index in [4.69, 9.17) is 5.73 Å². The summed E-state index contributed by atoms with van der Waals surface area (Å²) in [6.45, 7) is 2.71. The first kappa shape index (κ1) is 14.6. The van der Waals surface area contributed by atoms with Crippen LogP contribution >= 0.6 is 15.9 Å². The van der Waals surface area contributed by atoms with E-state index in [-0.39, 0.29) is 11.9 Å². The molecule has 0 aliphatic heterocycles. The molecule has 0 radical (unpaired) electrons. The van der Waals surface area contributed by atoms with Crippen molar-refractivity contribution >= 4 is 15.9 Å². The van der Waals surface area contributed by atoms with Gasteiger partial charge in [0, 0.05) is 16.1 Å². The third-order valence-corrected chi connectivity index (χ3v) is 3.46. The van der Waals surface area contributed by atoms with Crippen LogP contribution in [0.5, 0.6) is 0 Å². The highest BCUT2D eigenvalue weighted by atomic mass is 79.9. The van der Waals surface area contributed by atoms with Crippen molar-refractivity contribution in [3.63, 3.8) is 0 Å². The Bertz CT molecular complexity index is 368. The highest BCUT2D eigenvalue weighted by Gasteiger charge is 2.20. The third kappa shape index (κ3) is 4.05. The van der Waals surface area contributed by atoms with E-state index in [0.717, 1.165) is 16.5 Å². The number of rotatable bonds is 5. The predicted octanol–water partition coefficient (Wildman–Crippen LogP) is 3.18. The molecule has 0 saturated carbocycles. The molecule has 0 saturated heterocycles. The molecular weight excluding hydrogens is 283 g/mol. The summed E-state index contributed by atoms with van der Waals surface area (Å²) in [4.78, 5) is 2.04. The van der Waals surface area contributed by atoms with Crippen LogP contribution in [-0.4, -0.2) is 25.5 Å². The summed E-state index contributed by atoms with van der Waals surface area (Å²) in [5, 5.41) is 0. The smallest absolute Gasteiger partial charge is 0.128 e. The standard InChI is InChI=1S/C13H20BrFN2/c1-9(8-16)6-13(17(2)3)11-7-10(14)4-5-12(11)15/h4-5,7,9,13H,6,8,16H2,1-3H3. The molecule has 96 valence electrons. The van der Waals surface area contributed by atoms with Crippen LogP contribution in [0, 0.1) is 11.7 Å². The first-order valence-corrected chi connectivity index (χ1v) is 6.56. The number of benzene rings is 1. The Kier molecular flexibility index (Phi) is 5.56.